The zero-order valence-electron chi connectivity index (χ0n) is 6.54. The van der Waals surface area contributed by atoms with Gasteiger partial charge in [-0.2, -0.15) is 0 Å². The molecule has 0 unspecified atom stereocenters. The number of sulfonamides is 1. The number of aromatic nitrogens is 4. The van der Waals surface area contributed by atoms with Crippen molar-refractivity contribution in [1.29, 1.82) is 0 Å². The van der Waals surface area contributed by atoms with Gasteiger partial charge in [0.2, 0.25) is 21.8 Å². The van der Waals surface area contributed by atoms with Crippen LogP contribution in [0.4, 0.5) is 0 Å². The first-order valence-corrected chi connectivity index (χ1v) is 6.65. The van der Waals surface area contributed by atoms with Crippen LogP contribution in [-0.4, -0.2) is 49.0 Å². The summed E-state index contributed by atoms with van der Waals surface area (Å²) in [7, 11) is -12.5. The molecular formula is CH3N5O6S3. The van der Waals surface area contributed by atoms with Crippen LogP contribution in [-0.2, 0) is 31.8 Å². The zero-order chi connectivity index (χ0) is 11.6. The van der Waals surface area contributed by atoms with Crippen LogP contribution in [0.5, 0.6) is 0 Å². The van der Waals surface area contributed by atoms with Gasteiger partial charge in [0.1, 0.15) is 0 Å². The van der Waals surface area contributed by atoms with Crippen molar-refractivity contribution in [3.63, 3.8) is 0 Å². The number of rotatable bonds is 4. The van der Waals surface area contributed by atoms with E-state index in [1.807, 2.05) is 0 Å². The number of aromatic amines is 1. The third kappa shape index (κ3) is 2.28. The number of H-pyrrole nitrogens is 1. The largest absolute Gasteiger partial charge is 0.306 e. The second kappa shape index (κ2) is 4.17. The highest BCUT2D eigenvalue weighted by molar-refractivity contribution is 8.07. The molecule has 0 saturated heterocycles. The molecule has 0 amide bonds. The number of hydrogen-bond acceptors (Lipinski definition) is 9. The van der Waals surface area contributed by atoms with Crippen LogP contribution in [0.2, 0.25) is 0 Å². The lowest BCUT2D eigenvalue weighted by atomic mass is 11.4. The van der Waals surface area contributed by atoms with Crippen molar-refractivity contribution in [3.8, 4) is 0 Å². The molecular weight excluding hydrogens is 274 g/mol. The fourth-order valence-corrected chi connectivity index (χ4v) is 3.37. The molecule has 14 heteroatoms. The Morgan fingerprint density at radius 3 is 2.00 bits per heavy atom. The van der Waals surface area contributed by atoms with Gasteiger partial charge in [0.15, 0.2) is 0 Å². The Bertz CT molecular complexity index is 540. The molecule has 0 aliphatic heterocycles. The average molecular weight is 277 g/mol. The van der Waals surface area contributed by atoms with Crippen molar-refractivity contribution in [2.75, 3.05) is 0 Å². The summed E-state index contributed by atoms with van der Waals surface area (Å²) in [6.07, 6.45) is 0. The highest BCUT2D eigenvalue weighted by Crippen LogP contribution is 2.08. The van der Waals surface area contributed by atoms with Gasteiger partial charge in [-0.25, -0.2) is 30.4 Å². The first kappa shape index (κ1) is 12.0. The lowest BCUT2D eigenvalue weighted by Crippen LogP contribution is -2.29. The molecule has 86 valence electrons. The van der Waals surface area contributed by atoms with Crippen molar-refractivity contribution >= 4 is 31.8 Å². The number of nitrogens with zero attached hydrogens (tertiary/aromatic N) is 4. The maximum Gasteiger partial charge on any atom is 0.306 e. The Balaban J connectivity index is 3.39. The molecule has 1 N–H and O–H groups in total. The molecule has 1 rings (SSSR count). The topological polar surface area (TPSA) is 160 Å². The fourth-order valence-electron chi connectivity index (χ4n) is 0.572. The fraction of sp³-hybridized carbons (Fsp3) is 0. The predicted molar refractivity (Wildman–Crippen MR) is 43.8 cm³/mol. The first-order chi connectivity index (χ1) is 6.87. The molecule has 0 radical (unpaired) electrons. The number of hydrogen-bond donors (Lipinski definition) is 3. The van der Waals surface area contributed by atoms with E-state index in [1.165, 1.54) is 0 Å². The third-order valence-electron chi connectivity index (χ3n) is 1.06. The minimum absolute atomic E-state index is 0.736. The summed E-state index contributed by atoms with van der Waals surface area (Å²) in [5, 5.41) is 9.38. The van der Waals surface area contributed by atoms with Gasteiger partial charge < -0.3 is 0 Å². The van der Waals surface area contributed by atoms with Gasteiger partial charge in [-0.05, 0) is 10.4 Å². The summed E-state index contributed by atoms with van der Waals surface area (Å²) in [6, 6.07) is 0. The summed E-state index contributed by atoms with van der Waals surface area (Å²) >= 11 is 0. The van der Waals surface area contributed by atoms with Crippen LogP contribution >= 0.6 is 0 Å². The van der Waals surface area contributed by atoms with Gasteiger partial charge in [0.25, 0.3) is 5.16 Å². The second-order valence-electron chi connectivity index (χ2n) is 1.91. The molecule has 0 aliphatic carbocycles. The van der Waals surface area contributed by atoms with E-state index in [4.69, 9.17) is 0 Å². The van der Waals surface area contributed by atoms with Crippen molar-refractivity contribution in [2.45, 2.75) is 5.16 Å². The van der Waals surface area contributed by atoms with E-state index in [1.54, 1.807) is 5.10 Å². The maximum absolute atomic E-state index is 11.3. The van der Waals surface area contributed by atoms with Gasteiger partial charge in [-0.3, -0.25) is 0 Å². The van der Waals surface area contributed by atoms with E-state index in [-0.39, 0.29) is 0 Å². The van der Waals surface area contributed by atoms with Gasteiger partial charge in [-0.1, -0.05) is 5.10 Å². The third-order valence-corrected chi connectivity index (χ3v) is 5.68. The summed E-state index contributed by atoms with van der Waals surface area (Å²) in [5.41, 5.74) is 0. The van der Waals surface area contributed by atoms with Crippen LogP contribution in [0.1, 0.15) is 0 Å². The minimum Gasteiger partial charge on any atom is -0.228 e. The molecule has 0 bridgehead atoms. The van der Waals surface area contributed by atoms with E-state index in [0.717, 1.165) is 0 Å². The summed E-state index contributed by atoms with van der Waals surface area (Å²) in [6.45, 7) is 0. The highest BCUT2D eigenvalue weighted by atomic mass is 32.3. The van der Waals surface area contributed by atoms with Gasteiger partial charge in [-0.15, -0.1) is 0 Å². The lowest BCUT2D eigenvalue weighted by molar-refractivity contribution is 0.542. The first-order valence-electron chi connectivity index (χ1n) is 2.95. The summed E-state index contributed by atoms with van der Waals surface area (Å²) in [4.78, 5) is 0. The Labute approximate surface area is 86.3 Å². The van der Waals surface area contributed by atoms with Crippen molar-refractivity contribution in [3.05, 3.63) is 0 Å². The molecule has 15 heavy (non-hydrogen) atoms. The maximum atomic E-state index is 11.3. The standard InChI is InChI=1S/CH3N5O6S3/c7-13(8)6(14(9)10)15(11,12)1-2-4-5-3-1/h13-14H,(H,2,3,4,5). The van der Waals surface area contributed by atoms with Gasteiger partial charge in [0.05, 0.1) is 0 Å². The molecule has 0 saturated carbocycles. The van der Waals surface area contributed by atoms with E-state index in [0.29, 0.717) is 0 Å². The van der Waals surface area contributed by atoms with Crippen LogP contribution in [0, 0.1) is 0 Å². The number of tetrazole rings is 1. The highest BCUT2D eigenvalue weighted by Gasteiger charge is 2.32. The summed E-state index contributed by atoms with van der Waals surface area (Å²) < 4.78 is 63.4. The number of thiol groups is 2. The molecule has 0 atom stereocenters. The van der Waals surface area contributed by atoms with E-state index < -0.39 is 40.1 Å². The van der Waals surface area contributed by atoms with Crippen LogP contribution in [0.3, 0.4) is 0 Å². The Hall–Kier alpha value is -1.12. The van der Waals surface area contributed by atoms with Crippen molar-refractivity contribution in [2.24, 2.45) is 0 Å². The van der Waals surface area contributed by atoms with Crippen molar-refractivity contribution < 1.29 is 25.3 Å². The monoisotopic (exact) mass is 277 g/mol. The predicted octanol–water partition coefficient (Wildman–Crippen LogP) is -3.76. The summed E-state index contributed by atoms with van der Waals surface area (Å²) in [5.74, 6) is 0. The molecule has 1 aromatic rings. The molecule has 0 spiro atoms. The molecule has 0 fully saturated rings. The quantitative estimate of drug-likeness (QED) is 0.469. The van der Waals surface area contributed by atoms with Crippen LogP contribution < -0.4 is 0 Å². The second-order valence-corrected chi connectivity index (χ2v) is 6.22. The normalized spacial score (nSPS) is 12.7. The van der Waals surface area contributed by atoms with E-state index in [2.05, 4.69) is 15.5 Å². The number of nitrogens with one attached hydrogen (secondary N) is 1. The molecule has 1 aromatic heterocycles. The molecule has 0 aliphatic rings. The van der Waals surface area contributed by atoms with Crippen LogP contribution in [0.25, 0.3) is 0 Å². The van der Waals surface area contributed by atoms with E-state index >= 15 is 0 Å². The SMILES string of the molecule is O=[SH](=O)N([SH](=O)=O)S(=O)(=O)c1nnn[nH]1. The van der Waals surface area contributed by atoms with Crippen molar-refractivity contribution in [1.82, 2.24) is 23.7 Å². The van der Waals surface area contributed by atoms with Gasteiger partial charge >= 0.3 is 10.0 Å². The Kier molecular flexibility index (Phi) is 3.32. The molecule has 0 aromatic carbocycles. The average Bonchev–Trinajstić information content (AvgIpc) is 2.52. The lowest BCUT2D eigenvalue weighted by Gasteiger charge is -2.03. The Morgan fingerprint density at radius 1 is 1.13 bits per heavy atom. The van der Waals surface area contributed by atoms with Gasteiger partial charge in [0, 0.05) is 3.12 Å². The van der Waals surface area contributed by atoms with E-state index in [9.17, 15) is 25.3 Å². The zero-order valence-corrected chi connectivity index (χ0v) is 9.15. The van der Waals surface area contributed by atoms with Crippen LogP contribution in [0.15, 0.2) is 5.16 Å². The molecule has 11 nitrogen and oxygen atoms in total. The Morgan fingerprint density at radius 2 is 1.67 bits per heavy atom. The molecule has 1 heterocycles. The smallest absolute Gasteiger partial charge is 0.228 e. The minimum atomic E-state index is -4.81.